The Morgan fingerprint density at radius 1 is 0.238 bits per heavy atom. The minimum absolute atomic E-state index is 1.24. The summed E-state index contributed by atoms with van der Waals surface area (Å²) in [6.45, 7) is 0. The molecule has 0 aromatic heterocycles. The van der Waals surface area contributed by atoms with Crippen LogP contribution in [-0.4, -0.2) is 0 Å². The van der Waals surface area contributed by atoms with Gasteiger partial charge in [0.25, 0.3) is 0 Å². The van der Waals surface area contributed by atoms with Crippen molar-refractivity contribution in [1.29, 1.82) is 0 Å². The van der Waals surface area contributed by atoms with Crippen molar-refractivity contribution in [1.82, 2.24) is 0 Å². The highest BCUT2D eigenvalue weighted by atomic mass is 14.2. The third kappa shape index (κ3) is 3.36. The van der Waals surface area contributed by atoms with Crippen LogP contribution in [0.15, 0.2) is 158 Å². The van der Waals surface area contributed by atoms with Crippen LogP contribution in [0.2, 0.25) is 0 Å². The van der Waals surface area contributed by atoms with Crippen molar-refractivity contribution in [2.45, 2.75) is 0 Å². The van der Waals surface area contributed by atoms with Crippen LogP contribution in [0.1, 0.15) is 0 Å². The molecule has 9 aromatic carbocycles. The first-order chi connectivity index (χ1) is 20.8. The SMILES string of the molecule is c1ccc(-c2cc3ccccc3cc2-c2ccc3c(c2)c2ccccc2c2c4ccccc4c4ccccc4c32)cc1. The molecule has 0 aliphatic rings. The molecule has 0 atom stereocenters. The lowest BCUT2D eigenvalue weighted by atomic mass is 9.85. The topological polar surface area (TPSA) is 0 Å². The van der Waals surface area contributed by atoms with Crippen molar-refractivity contribution in [3.8, 4) is 22.3 Å². The van der Waals surface area contributed by atoms with Crippen LogP contribution in [-0.2, 0) is 0 Å². The van der Waals surface area contributed by atoms with Crippen molar-refractivity contribution < 1.29 is 0 Å². The van der Waals surface area contributed by atoms with E-state index in [9.17, 15) is 0 Å². The van der Waals surface area contributed by atoms with E-state index in [-0.39, 0.29) is 0 Å². The average Bonchev–Trinajstić information content (AvgIpc) is 3.07. The van der Waals surface area contributed by atoms with Gasteiger partial charge in [-0.15, -0.1) is 0 Å². The molecule has 0 fully saturated rings. The van der Waals surface area contributed by atoms with Crippen molar-refractivity contribution >= 4 is 64.6 Å². The third-order valence-corrected chi connectivity index (χ3v) is 8.99. The van der Waals surface area contributed by atoms with E-state index in [0.29, 0.717) is 0 Å². The molecule has 0 saturated carbocycles. The minimum Gasteiger partial charge on any atom is -0.0622 e. The maximum absolute atomic E-state index is 2.43. The largest absolute Gasteiger partial charge is 0.0622 e. The lowest BCUT2D eigenvalue weighted by Gasteiger charge is -2.18. The van der Waals surface area contributed by atoms with Crippen molar-refractivity contribution in [3.63, 3.8) is 0 Å². The molecule has 42 heavy (non-hydrogen) atoms. The Labute approximate surface area is 244 Å². The third-order valence-electron chi connectivity index (χ3n) is 8.99. The zero-order chi connectivity index (χ0) is 27.6. The van der Waals surface area contributed by atoms with Gasteiger partial charge in [0.15, 0.2) is 0 Å². The Morgan fingerprint density at radius 2 is 0.643 bits per heavy atom. The molecule has 0 heteroatoms. The van der Waals surface area contributed by atoms with E-state index in [4.69, 9.17) is 0 Å². The Hall–Kier alpha value is -5.46. The number of rotatable bonds is 2. The summed E-state index contributed by atoms with van der Waals surface area (Å²) >= 11 is 0. The second-order valence-corrected chi connectivity index (χ2v) is 11.3. The number of hydrogen-bond acceptors (Lipinski definition) is 0. The van der Waals surface area contributed by atoms with Crippen LogP contribution in [0.5, 0.6) is 0 Å². The summed E-state index contributed by atoms with van der Waals surface area (Å²) < 4.78 is 0. The van der Waals surface area contributed by atoms with E-state index in [2.05, 4.69) is 158 Å². The van der Waals surface area contributed by atoms with E-state index < -0.39 is 0 Å². The van der Waals surface area contributed by atoms with Gasteiger partial charge in [-0.25, -0.2) is 0 Å². The van der Waals surface area contributed by atoms with E-state index in [1.54, 1.807) is 0 Å². The molecule has 0 bridgehead atoms. The Balaban J connectivity index is 1.45. The summed E-state index contributed by atoms with van der Waals surface area (Å²) in [5.41, 5.74) is 4.99. The molecule has 0 heterocycles. The fourth-order valence-corrected chi connectivity index (χ4v) is 7.13. The first-order valence-electron chi connectivity index (χ1n) is 14.6. The standard InChI is InChI=1S/C42H26/c1-2-12-27(13-3-1)38-24-28-14-4-5-15-29(28)25-39(38)30-22-23-37-40(26-30)33-18-8-11-21-36(33)41-34-19-9-6-16-31(34)32-17-7-10-20-35(32)42(37)41/h1-26H. The summed E-state index contributed by atoms with van der Waals surface area (Å²) in [5.74, 6) is 0. The first-order valence-corrected chi connectivity index (χ1v) is 14.6. The highest BCUT2D eigenvalue weighted by Crippen LogP contribution is 2.45. The van der Waals surface area contributed by atoms with Gasteiger partial charge in [-0.3, -0.25) is 0 Å². The molecule has 0 aliphatic heterocycles. The van der Waals surface area contributed by atoms with Gasteiger partial charge < -0.3 is 0 Å². The Morgan fingerprint density at radius 3 is 1.19 bits per heavy atom. The molecule has 0 nitrogen and oxygen atoms in total. The van der Waals surface area contributed by atoms with E-state index in [0.717, 1.165) is 0 Å². The van der Waals surface area contributed by atoms with Gasteiger partial charge in [-0.2, -0.15) is 0 Å². The summed E-state index contributed by atoms with van der Waals surface area (Å²) in [4.78, 5) is 0. The van der Waals surface area contributed by atoms with Gasteiger partial charge in [0, 0.05) is 0 Å². The summed E-state index contributed by atoms with van der Waals surface area (Å²) in [6, 6.07) is 58.0. The molecule has 194 valence electrons. The van der Waals surface area contributed by atoms with Gasteiger partial charge in [-0.05, 0) is 105 Å². The maximum atomic E-state index is 2.43. The number of fused-ring (bicyclic) bond motifs is 12. The van der Waals surface area contributed by atoms with Crippen LogP contribution in [0.3, 0.4) is 0 Å². The molecule has 0 amide bonds. The van der Waals surface area contributed by atoms with Crippen molar-refractivity contribution in [3.05, 3.63) is 158 Å². The molecule has 0 spiro atoms. The number of benzene rings is 9. The van der Waals surface area contributed by atoms with Gasteiger partial charge in [-0.1, -0.05) is 140 Å². The lowest BCUT2D eigenvalue weighted by Crippen LogP contribution is -1.90. The summed E-state index contributed by atoms with van der Waals surface area (Å²) in [5, 5.41) is 15.6. The molecule has 0 N–H and O–H groups in total. The Kier molecular flexibility index (Phi) is 5.00. The van der Waals surface area contributed by atoms with Crippen LogP contribution in [0, 0.1) is 0 Å². The molecular weight excluding hydrogens is 504 g/mol. The van der Waals surface area contributed by atoms with Crippen molar-refractivity contribution in [2.24, 2.45) is 0 Å². The van der Waals surface area contributed by atoms with Crippen LogP contribution >= 0.6 is 0 Å². The second-order valence-electron chi connectivity index (χ2n) is 11.3. The molecule has 0 aliphatic carbocycles. The summed E-state index contributed by atoms with van der Waals surface area (Å²) in [6.07, 6.45) is 0. The predicted molar refractivity (Wildman–Crippen MR) is 182 cm³/mol. The van der Waals surface area contributed by atoms with Crippen LogP contribution in [0.25, 0.3) is 86.9 Å². The number of hydrogen-bond donors (Lipinski definition) is 0. The van der Waals surface area contributed by atoms with Crippen molar-refractivity contribution in [2.75, 3.05) is 0 Å². The van der Waals surface area contributed by atoms with Gasteiger partial charge in [0.2, 0.25) is 0 Å². The van der Waals surface area contributed by atoms with Crippen LogP contribution in [0.4, 0.5) is 0 Å². The van der Waals surface area contributed by atoms with Gasteiger partial charge in [0.1, 0.15) is 0 Å². The average molecular weight is 531 g/mol. The molecule has 0 radical (unpaired) electrons. The zero-order valence-corrected chi connectivity index (χ0v) is 23.0. The normalized spacial score (nSPS) is 11.8. The van der Waals surface area contributed by atoms with Gasteiger partial charge >= 0.3 is 0 Å². The van der Waals surface area contributed by atoms with E-state index >= 15 is 0 Å². The molecular formula is C42H26. The zero-order valence-electron chi connectivity index (χ0n) is 23.0. The minimum atomic E-state index is 1.24. The highest BCUT2D eigenvalue weighted by Gasteiger charge is 2.17. The molecule has 9 aromatic rings. The fourth-order valence-electron chi connectivity index (χ4n) is 7.13. The highest BCUT2D eigenvalue weighted by molar-refractivity contribution is 6.39. The molecule has 9 rings (SSSR count). The lowest BCUT2D eigenvalue weighted by molar-refractivity contribution is 1.62. The predicted octanol–water partition coefficient (Wildman–Crippen LogP) is 11.9. The molecule has 0 unspecified atom stereocenters. The van der Waals surface area contributed by atoms with E-state index in [1.165, 1.54) is 86.9 Å². The fraction of sp³-hybridized carbons (Fsp3) is 0. The second kappa shape index (κ2) is 9.03. The summed E-state index contributed by atoms with van der Waals surface area (Å²) in [7, 11) is 0. The van der Waals surface area contributed by atoms with E-state index in [1.807, 2.05) is 0 Å². The smallest absolute Gasteiger partial charge is 0.00139 e. The van der Waals surface area contributed by atoms with Crippen LogP contribution < -0.4 is 0 Å². The monoisotopic (exact) mass is 530 g/mol. The maximum Gasteiger partial charge on any atom is -0.00139 e. The molecule has 0 saturated heterocycles. The first kappa shape index (κ1) is 23.3. The van der Waals surface area contributed by atoms with Gasteiger partial charge in [0.05, 0.1) is 0 Å². The Bertz CT molecular complexity index is 2500. The quantitative estimate of drug-likeness (QED) is 0.195.